The molecule has 0 spiro atoms. The van der Waals surface area contributed by atoms with Crippen molar-refractivity contribution in [1.82, 2.24) is 19.4 Å². The fraction of sp³-hybridized carbons (Fsp3) is 0.417. The van der Waals surface area contributed by atoms with Crippen molar-refractivity contribution in [2.45, 2.75) is 26.6 Å². The van der Waals surface area contributed by atoms with Gasteiger partial charge in [-0.3, -0.25) is 4.57 Å². The van der Waals surface area contributed by atoms with Crippen LogP contribution in [0.2, 0.25) is 0 Å². The van der Waals surface area contributed by atoms with Crippen LogP contribution in [-0.4, -0.2) is 20.7 Å². The van der Waals surface area contributed by atoms with Crippen molar-refractivity contribution in [1.29, 1.82) is 0 Å². The van der Waals surface area contributed by atoms with E-state index < -0.39 is 6.55 Å². The van der Waals surface area contributed by atoms with Crippen LogP contribution >= 0.6 is 0 Å². The van der Waals surface area contributed by atoms with Gasteiger partial charge < -0.3 is 9.88 Å². The molecule has 0 aromatic carbocycles. The van der Waals surface area contributed by atoms with E-state index in [4.69, 9.17) is 0 Å². The Morgan fingerprint density at radius 2 is 2.22 bits per heavy atom. The van der Waals surface area contributed by atoms with Crippen molar-refractivity contribution in [3.8, 4) is 0 Å². The molecule has 0 aliphatic rings. The van der Waals surface area contributed by atoms with E-state index in [0.717, 1.165) is 23.2 Å². The molecule has 0 aliphatic heterocycles. The summed E-state index contributed by atoms with van der Waals surface area (Å²) in [5.74, 6) is 0.357. The number of halogens is 2. The smallest absolute Gasteiger partial charge is 0.319 e. The Kier molecular flexibility index (Phi) is 4.09. The number of aromatic nitrogens is 3. The van der Waals surface area contributed by atoms with Crippen LogP contribution < -0.4 is 5.32 Å². The Bertz CT molecular complexity index is 490. The van der Waals surface area contributed by atoms with Crippen LogP contribution in [0.15, 0.2) is 30.9 Å². The van der Waals surface area contributed by atoms with Gasteiger partial charge in [0.05, 0.1) is 6.54 Å². The summed E-state index contributed by atoms with van der Waals surface area (Å²) >= 11 is 0. The molecule has 2 rings (SSSR count). The first-order valence-electron chi connectivity index (χ1n) is 5.86. The molecule has 1 N–H and O–H groups in total. The van der Waals surface area contributed by atoms with E-state index in [9.17, 15) is 8.78 Å². The molecule has 0 unspecified atom stereocenters. The third-order valence-corrected chi connectivity index (χ3v) is 2.67. The van der Waals surface area contributed by atoms with Crippen LogP contribution in [0.4, 0.5) is 8.78 Å². The zero-order valence-corrected chi connectivity index (χ0v) is 10.2. The predicted molar refractivity (Wildman–Crippen MR) is 64.4 cm³/mol. The maximum absolute atomic E-state index is 12.6. The summed E-state index contributed by atoms with van der Waals surface area (Å²) in [5.41, 5.74) is 1.13. The maximum Gasteiger partial charge on any atom is 0.319 e. The van der Waals surface area contributed by atoms with Crippen molar-refractivity contribution in [2.75, 3.05) is 6.54 Å². The average molecular weight is 254 g/mol. The highest BCUT2D eigenvalue weighted by Crippen LogP contribution is 2.13. The second-order valence-electron chi connectivity index (χ2n) is 4.00. The van der Waals surface area contributed by atoms with Crippen molar-refractivity contribution in [3.05, 3.63) is 42.2 Å². The normalized spacial score (nSPS) is 11.3. The van der Waals surface area contributed by atoms with E-state index in [1.54, 1.807) is 0 Å². The summed E-state index contributed by atoms with van der Waals surface area (Å²) in [6.07, 6.45) is 6.50. The largest absolute Gasteiger partial charge is 0.346 e. The number of hydrogen-bond acceptors (Lipinski definition) is 2. The van der Waals surface area contributed by atoms with Crippen molar-refractivity contribution in [3.63, 3.8) is 0 Å². The molecule has 2 heterocycles. The fourth-order valence-electron chi connectivity index (χ4n) is 1.77. The average Bonchev–Trinajstić information content (AvgIpc) is 2.96. The van der Waals surface area contributed by atoms with Gasteiger partial charge in [0.25, 0.3) is 0 Å². The second kappa shape index (κ2) is 5.77. The highest BCUT2D eigenvalue weighted by Gasteiger charge is 2.11. The molecule has 0 radical (unpaired) electrons. The van der Waals surface area contributed by atoms with E-state index in [1.165, 1.54) is 12.4 Å². The Balaban J connectivity index is 2.04. The number of nitrogens with one attached hydrogen (secondary N) is 1. The fourth-order valence-corrected chi connectivity index (χ4v) is 1.77. The monoisotopic (exact) mass is 254 g/mol. The molecule has 6 heteroatoms. The molecule has 18 heavy (non-hydrogen) atoms. The van der Waals surface area contributed by atoms with E-state index >= 15 is 0 Å². The number of hydrogen-bond donors (Lipinski definition) is 1. The van der Waals surface area contributed by atoms with Gasteiger partial charge in [-0.2, -0.15) is 8.78 Å². The lowest BCUT2D eigenvalue weighted by atomic mass is 10.3. The summed E-state index contributed by atoms with van der Waals surface area (Å²) in [6.45, 7) is 1.53. The topological polar surface area (TPSA) is 34.8 Å². The molecule has 0 saturated heterocycles. The van der Waals surface area contributed by atoms with Crippen LogP contribution in [0.1, 0.15) is 24.9 Å². The Labute approximate surface area is 104 Å². The Hall–Kier alpha value is -1.69. The molecular formula is C12H16F2N4. The molecule has 0 amide bonds. The number of rotatable bonds is 6. The van der Waals surface area contributed by atoms with Crippen LogP contribution in [0.3, 0.4) is 0 Å². The van der Waals surface area contributed by atoms with Gasteiger partial charge in [0, 0.05) is 31.3 Å². The van der Waals surface area contributed by atoms with Gasteiger partial charge in [0.2, 0.25) is 0 Å². The van der Waals surface area contributed by atoms with Gasteiger partial charge in [-0.25, -0.2) is 4.98 Å². The minimum atomic E-state index is -2.54. The van der Waals surface area contributed by atoms with E-state index in [-0.39, 0.29) is 0 Å². The third kappa shape index (κ3) is 2.95. The highest BCUT2D eigenvalue weighted by atomic mass is 19.3. The minimum absolute atomic E-state index is 0.351. The van der Waals surface area contributed by atoms with E-state index in [2.05, 4.69) is 10.3 Å². The summed E-state index contributed by atoms with van der Waals surface area (Å²) in [5, 5.41) is 3.21. The van der Waals surface area contributed by atoms with Gasteiger partial charge in [-0.05, 0) is 18.2 Å². The van der Waals surface area contributed by atoms with E-state index in [1.807, 2.05) is 30.0 Å². The molecule has 0 bridgehead atoms. The summed E-state index contributed by atoms with van der Waals surface area (Å²) in [6, 6.07) is 1.97. The number of nitrogens with zero attached hydrogens (tertiary/aromatic N) is 3. The van der Waals surface area contributed by atoms with Gasteiger partial charge in [0.15, 0.2) is 0 Å². The zero-order chi connectivity index (χ0) is 13.0. The first kappa shape index (κ1) is 12.8. The summed E-state index contributed by atoms with van der Waals surface area (Å²) in [7, 11) is 0. The van der Waals surface area contributed by atoms with Gasteiger partial charge >= 0.3 is 6.55 Å². The summed E-state index contributed by atoms with van der Waals surface area (Å²) in [4.78, 5) is 3.95. The SMILES string of the molecule is CCNCc1ccn(Cc2nccn2C(F)F)c1. The van der Waals surface area contributed by atoms with Crippen LogP contribution in [0.25, 0.3) is 0 Å². The molecule has 98 valence electrons. The van der Waals surface area contributed by atoms with Gasteiger partial charge in [0.1, 0.15) is 5.82 Å². The van der Waals surface area contributed by atoms with E-state index in [0.29, 0.717) is 12.4 Å². The lowest BCUT2D eigenvalue weighted by Crippen LogP contribution is -2.11. The van der Waals surface area contributed by atoms with Crippen molar-refractivity contribution in [2.24, 2.45) is 0 Å². The standard InChI is InChI=1S/C12H16F2N4/c1-2-15-7-10-3-5-17(8-10)9-11-16-4-6-18(11)12(13)14/h3-6,8,12,15H,2,7,9H2,1H3. The van der Waals surface area contributed by atoms with Crippen molar-refractivity contribution >= 4 is 0 Å². The van der Waals surface area contributed by atoms with Crippen LogP contribution in [-0.2, 0) is 13.1 Å². The highest BCUT2D eigenvalue weighted by molar-refractivity contribution is 5.11. The molecule has 0 fully saturated rings. The summed E-state index contributed by atoms with van der Waals surface area (Å²) < 4.78 is 28.0. The molecule has 0 aliphatic carbocycles. The number of imidazole rings is 1. The second-order valence-corrected chi connectivity index (χ2v) is 4.00. The van der Waals surface area contributed by atoms with Gasteiger partial charge in [-0.15, -0.1) is 0 Å². The first-order valence-corrected chi connectivity index (χ1v) is 5.86. The predicted octanol–water partition coefficient (Wildman–Crippen LogP) is 2.24. The van der Waals surface area contributed by atoms with Crippen molar-refractivity contribution < 1.29 is 8.78 Å². The Morgan fingerprint density at radius 1 is 1.39 bits per heavy atom. The molecule has 0 atom stereocenters. The zero-order valence-electron chi connectivity index (χ0n) is 10.2. The third-order valence-electron chi connectivity index (χ3n) is 2.67. The molecule has 4 nitrogen and oxygen atoms in total. The maximum atomic E-state index is 12.6. The lowest BCUT2D eigenvalue weighted by Gasteiger charge is -2.07. The quantitative estimate of drug-likeness (QED) is 0.858. The Morgan fingerprint density at radius 3 is 2.94 bits per heavy atom. The van der Waals surface area contributed by atoms with Gasteiger partial charge in [-0.1, -0.05) is 6.92 Å². The molecular weight excluding hydrogens is 238 g/mol. The van der Waals surface area contributed by atoms with Crippen LogP contribution in [0, 0.1) is 0 Å². The van der Waals surface area contributed by atoms with Crippen LogP contribution in [0.5, 0.6) is 0 Å². The molecule has 0 saturated carbocycles. The minimum Gasteiger partial charge on any atom is -0.346 e. The first-order chi connectivity index (χ1) is 8.70. The lowest BCUT2D eigenvalue weighted by molar-refractivity contribution is 0.0667. The number of alkyl halides is 2. The molecule has 2 aromatic heterocycles. The molecule has 2 aromatic rings.